The highest BCUT2D eigenvalue weighted by Gasteiger charge is 2.67. The highest BCUT2D eigenvalue weighted by Crippen LogP contribution is 2.35. The summed E-state index contributed by atoms with van der Waals surface area (Å²) in [7, 11) is -16.8. The van der Waals surface area contributed by atoms with Gasteiger partial charge in [-0.1, -0.05) is 62.3 Å². The molecule has 16 heteroatoms. The largest absolute Gasteiger partial charge is 0.672 e. The fourth-order valence-corrected chi connectivity index (χ4v) is 19.4. The first-order valence-corrected chi connectivity index (χ1v) is 28.0. The molecule has 320 valence electrons. The average Bonchev–Trinajstić information content (AvgIpc) is 3.10. The van der Waals surface area contributed by atoms with Crippen molar-refractivity contribution in [1.29, 1.82) is 0 Å². The Labute approximate surface area is 331 Å². The molecular weight excluding hydrogens is 749 g/mol. The minimum absolute atomic E-state index is 0.273. The van der Waals surface area contributed by atoms with Crippen LogP contribution in [0.5, 0.6) is 0 Å². The number of rotatable bonds is 33. The van der Waals surface area contributed by atoms with Crippen LogP contribution in [0.2, 0.25) is 6.55 Å². The van der Waals surface area contributed by atoms with Crippen molar-refractivity contribution in [3.05, 3.63) is 0 Å². The van der Waals surface area contributed by atoms with Crippen LogP contribution in [0.1, 0.15) is 182 Å². The molecule has 0 N–H and O–H groups in total. The molecule has 0 radical (unpaired) electrons. The van der Waals surface area contributed by atoms with Crippen molar-refractivity contribution in [3.8, 4) is 0 Å². The third kappa shape index (κ3) is 20.1. The van der Waals surface area contributed by atoms with Gasteiger partial charge in [0.1, 0.15) is 0 Å². The van der Waals surface area contributed by atoms with Gasteiger partial charge in [0, 0.05) is 61.5 Å². The SMILES string of the molecule is CCC(C)O[Si](OC(C)CC)(OC(C)CC)O[Si](C)(O[Si](OC(C)CC)(OC(C)CC)OC(C)CC)O[Si](OC(C)CC)(OC(C)CC)OC(C)CC. The molecule has 0 aliphatic heterocycles. The monoisotopic (exact) mass is 833 g/mol. The van der Waals surface area contributed by atoms with Gasteiger partial charge in [-0.3, -0.25) is 0 Å². The maximum Gasteiger partial charge on any atom is 0.672 e. The van der Waals surface area contributed by atoms with E-state index in [-0.39, 0.29) is 54.9 Å². The molecule has 0 aromatic heterocycles. The summed E-state index contributed by atoms with van der Waals surface area (Å²) in [5.74, 6) is 0. The summed E-state index contributed by atoms with van der Waals surface area (Å²) in [6, 6.07) is 0. The Morgan fingerprint density at radius 3 is 0.472 bits per heavy atom. The minimum atomic E-state index is -4.31. The van der Waals surface area contributed by atoms with E-state index in [2.05, 4.69) is 62.3 Å². The molecule has 0 saturated carbocycles. The predicted octanol–water partition coefficient (Wildman–Crippen LogP) is 10.2. The third-order valence-electron chi connectivity index (χ3n) is 9.22. The summed E-state index contributed by atoms with van der Waals surface area (Å²) in [5.41, 5.74) is 0. The lowest BCUT2D eigenvalue weighted by Gasteiger charge is -2.45. The zero-order valence-electron chi connectivity index (χ0n) is 37.5. The van der Waals surface area contributed by atoms with E-state index in [0.29, 0.717) is 57.8 Å². The fraction of sp³-hybridized carbons (Fsp3) is 1.00. The summed E-state index contributed by atoms with van der Waals surface area (Å²) < 4.78 is 83.1. The molecule has 9 unspecified atom stereocenters. The molecule has 0 rings (SSSR count). The van der Waals surface area contributed by atoms with Crippen molar-refractivity contribution in [2.75, 3.05) is 0 Å². The summed E-state index contributed by atoms with van der Waals surface area (Å²) >= 11 is 0. The van der Waals surface area contributed by atoms with Crippen molar-refractivity contribution in [2.24, 2.45) is 0 Å². The van der Waals surface area contributed by atoms with Crippen molar-refractivity contribution >= 4 is 35.9 Å². The van der Waals surface area contributed by atoms with E-state index in [1.807, 2.05) is 62.3 Å². The van der Waals surface area contributed by atoms with Crippen molar-refractivity contribution in [1.82, 2.24) is 0 Å². The molecule has 12 nitrogen and oxygen atoms in total. The van der Waals surface area contributed by atoms with Gasteiger partial charge in [-0.15, -0.1) is 0 Å². The molecule has 0 bridgehead atoms. The van der Waals surface area contributed by atoms with Crippen LogP contribution in [0.15, 0.2) is 0 Å². The van der Waals surface area contributed by atoms with E-state index in [4.69, 9.17) is 52.2 Å². The first-order valence-electron chi connectivity index (χ1n) is 20.9. The summed E-state index contributed by atoms with van der Waals surface area (Å²) in [6.45, 7) is 38.1. The topological polar surface area (TPSA) is 111 Å². The Kier molecular flexibility index (Phi) is 26.6. The number of hydrogen-bond donors (Lipinski definition) is 0. The smallest absolute Gasteiger partial charge is 0.349 e. The molecule has 0 saturated heterocycles. The van der Waals surface area contributed by atoms with Gasteiger partial charge in [-0.2, -0.15) is 0 Å². The van der Waals surface area contributed by atoms with Crippen LogP contribution < -0.4 is 0 Å². The van der Waals surface area contributed by atoms with E-state index in [1.165, 1.54) is 0 Å². The highest BCUT2D eigenvalue weighted by atomic mass is 28.5. The van der Waals surface area contributed by atoms with Crippen LogP contribution in [0.3, 0.4) is 0 Å². The first kappa shape index (κ1) is 53.4. The molecule has 0 aromatic rings. The van der Waals surface area contributed by atoms with E-state index >= 15 is 0 Å². The van der Waals surface area contributed by atoms with Crippen LogP contribution in [0.25, 0.3) is 0 Å². The minimum Gasteiger partial charge on any atom is -0.349 e. The lowest BCUT2D eigenvalue weighted by atomic mass is 10.3. The Bertz CT molecular complexity index is 734. The lowest BCUT2D eigenvalue weighted by molar-refractivity contribution is -0.103. The molecule has 0 aliphatic rings. The molecule has 0 heterocycles. The Hall–Kier alpha value is 0.388. The van der Waals surface area contributed by atoms with E-state index in [0.717, 1.165) is 0 Å². The molecule has 0 aliphatic carbocycles. The van der Waals surface area contributed by atoms with Crippen LogP contribution in [-0.4, -0.2) is 90.9 Å². The predicted molar refractivity (Wildman–Crippen MR) is 220 cm³/mol. The second-order valence-electron chi connectivity index (χ2n) is 14.7. The normalized spacial score (nSPS) is 22.2. The molecule has 0 fully saturated rings. The van der Waals surface area contributed by atoms with Crippen LogP contribution in [0.4, 0.5) is 0 Å². The van der Waals surface area contributed by atoms with E-state index in [1.54, 1.807) is 6.55 Å². The molecule has 53 heavy (non-hydrogen) atoms. The van der Waals surface area contributed by atoms with Crippen LogP contribution in [-0.2, 0) is 52.2 Å². The van der Waals surface area contributed by atoms with Crippen molar-refractivity contribution in [2.45, 2.75) is 244 Å². The third-order valence-corrected chi connectivity index (χ3v) is 22.9. The van der Waals surface area contributed by atoms with E-state index in [9.17, 15) is 0 Å². The van der Waals surface area contributed by atoms with Gasteiger partial charge in [0.25, 0.3) is 0 Å². The molecular formula is C37H84O12Si4. The molecule has 0 aromatic carbocycles. The maximum absolute atomic E-state index is 7.30. The van der Waals surface area contributed by atoms with Gasteiger partial charge in [0.2, 0.25) is 0 Å². The Balaban J connectivity index is 8.33. The van der Waals surface area contributed by atoms with Crippen molar-refractivity contribution in [3.63, 3.8) is 0 Å². The van der Waals surface area contributed by atoms with Crippen LogP contribution in [0, 0.1) is 0 Å². The molecule has 0 spiro atoms. The van der Waals surface area contributed by atoms with E-state index < -0.39 is 35.9 Å². The van der Waals surface area contributed by atoms with Gasteiger partial charge in [-0.05, 0) is 120 Å². The Morgan fingerprint density at radius 2 is 0.377 bits per heavy atom. The average molecular weight is 833 g/mol. The zero-order valence-corrected chi connectivity index (χ0v) is 41.5. The zero-order chi connectivity index (χ0) is 41.0. The summed E-state index contributed by atoms with van der Waals surface area (Å²) in [4.78, 5) is 0. The van der Waals surface area contributed by atoms with Gasteiger partial charge >= 0.3 is 35.9 Å². The second-order valence-corrected chi connectivity index (χ2v) is 24.0. The highest BCUT2D eigenvalue weighted by molar-refractivity contribution is 6.81. The second kappa shape index (κ2) is 26.4. The van der Waals surface area contributed by atoms with Crippen LogP contribution >= 0.6 is 0 Å². The first-order chi connectivity index (χ1) is 24.7. The van der Waals surface area contributed by atoms with Crippen molar-refractivity contribution < 1.29 is 52.2 Å². The quantitative estimate of drug-likeness (QED) is 0.0587. The van der Waals surface area contributed by atoms with Gasteiger partial charge in [-0.25, -0.2) is 0 Å². The standard InChI is InChI=1S/C37H84O12Si4/c1-20-29(10)38-51(39-30(11)21-2,40-31(12)22-3)47-50(19,48-52(41-32(13)23-4,42-33(14)24-5)43-34(15)25-6)49-53(44-35(16)26-7,45-36(17)27-8)46-37(18)28-9/h29-37H,20-28H2,1-19H3. The summed E-state index contributed by atoms with van der Waals surface area (Å²) in [6.07, 6.45) is 3.79. The number of hydrogen-bond acceptors (Lipinski definition) is 12. The summed E-state index contributed by atoms with van der Waals surface area (Å²) in [5, 5.41) is 0. The maximum atomic E-state index is 7.30. The lowest BCUT2D eigenvalue weighted by Crippen LogP contribution is -2.71. The molecule has 0 amide bonds. The fourth-order valence-electron chi connectivity index (χ4n) is 4.18. The van der Waals surface area contributed by atoms with Gasteiger partial charge in [0.15, 0.2) is 0 Å². The Morgan fingerprint density at radius 1 is 0.264 bits per heavy atom. The molecule has 9 atom stereocenters. The van der Waals surface area contributed by atoms with Gasteiger partial charge in [0.05, 0.1) is 0 Å². The van der Waals surface area contributed by atoms with Gasteiger partial charge < -0.3 is 52.2 Å².